The quantitative estimate of drug-likeness (QED) is 0.527. The highest BCUT2D eigenvalue weighted by molar-refractivity contribution is 5.95. The molecule has 0 bridgehead atoms. The summed E-state index contributed by atoms with van der Waals surface area (Å²) in [5.74, 6) is 1.47. The van der Waals surface area contributed by atoms with Crippen molar-refractivity contribution in [3.63, 3.8) is 0 Å². The van der Waals surface area contributed by atoms with Crippen molar-refractivity contribution in [3.8, 4) is 33.9 Å². The maximum atomic E-state index is 5.59. The standard InChI is InChI=1S/C21H18N2O3/c1-13-20-21(26-23-13)17(12-18(22-20)14-7-5-4-6-8-14)16-11-15(24-2)9-10-19(16)25-3/h4-12H,1-3H3. The Morgan fingerprint density at radius 2 is 1.69 bits per heavy atom. The zero-order valence-electron chi connectivity index (χ0n) is 14.8. The molecule has 2 aromatic heterocycles. The SMILES string of the molecule is COc1ccc(OC)c(-c2cc(-c3ccccc3)nc3c(C)noc23)c1. The van der Waals surface area contributed by atoms with Crippen LogP contribution in [-0.2, 0) is 0 Å². The van der Waals surface area contributed by atoms with Crippen molar-refractivity contribution < 1.29 is 14.0 Å². The maximum absolute atomic E-state index is 5.59. The molecule has 2 heterocycles. The van der Waals surface area contributed by atoms with Gasteiger partial charge in [-0.25, -0.2) is 4.98 Å². The number of aromatic nitrogens is 2. The van der Waals surface area contributed by atoms with Gasteiger partial charge in [0.1, 0.15) is 22.7 Å². The van der Waals surface area contributed by atoms with Gasteiger partial charge >= 0.3 is 0 Å². The Morgan fingerprint density at radius 1 is 0.885 bits per heavy atom. The van der Waals surface area contributed by atoms with Crippen molar-refractivity contribution in [1.29, 1.82) is 0 Å². The van der Waals surface area contributed by atoms with Gasteiger partial charge in [-0.1, -0.05) is 35.5 Å². The third kappa shape index (κ3) is 2.67. The topological polar surface area (TPSA) is 57.4 Å². The van der Waals surface area contributed by atoms with Crippen molar-refractivity contribution in [2.45, 2.75) is 6.92 Å². The molecule has 4 rings (SSSR count). The number of aryl methyl sites for hydroxylation is 1. The van der Waals surface area contributed by atoms with Gasteiger partial charge in [-0.15, -0.1) is 0 Å². The van der Waals surface area contributed by atoms with Gasteiger partial charge in [0.05, 0.1) is 19.9 Å². The summed E-state index contributed by atoms with van der Waals surface area (Å²) in [6, 6.07) is 17.7. The molecule has 0 unspecified atom stereocenters. The molecule has 0 N–H and O–H groups in total. The van der Waals surface area contributed by atoms with Gasteiger partial charge in [-0.3, -0.25) is 0 Å². The first kappa shape index (κ1) is 16.1. The smallest absolute Gasteiger partial charge is 0.193 e. The van der Waals surface area contributed by atoms with Crippen molar-refractivity contribution in [2.75, 3.05) is 14.2 Å². The Kier molecular flexibility index (Phi) is 4.05. The average molecular weight is 346 g/mol. The van der Waals surface area contributed by atoms with Crippen LogP contribution >= 0.6 is 0 Å². The lowest BCUT2D eigenvalue weighted by molar-refractivity contribution is 0.404. The highest BCUT2D eigenvalue weighted by Gasteiger charge is 2.19. The van der Waals surface area contributed by atoms with Crippen LogP contribution in [0.25, 0.3) is 33.5 Å². The second kappa shape index (κ2) is 6.52. The fourth-order valence-corrected chi connectivity index (χ4v) is 3.01. The number of hydrogen-bond donors (Lipinski definition) is 0. The molecular formula is C21H18N2O3. The summed E-state index contributed by atoms with van der Waals surface area (Å²) in [6.07, 6.45) is 0. The summed E-state index contributed by atoms with van der Waals surface area (Å²) in [6.45, 7) is 1.89. The van der Waals surface area contributed by atoms with Gasteiger partial charge in [0.25, 0.3) is 0 Å². The molecule has 0 amide bonds. The van der Waals surface area contributed by atoms with E-state index >= 15 is 0 Å². The van der Waals surface area contributed by atoms with Crippen molar-refractivity contribution in [1.82, 2.24) is 10.1 Å². The van der Waals surface area contributed by atoms with Gasteiger partial charge in [0.15, 0.2) is 5.58 Å². The fourth-order valence-electron chi connectivity index (χ4n) is 3.01. The number of rotatable bonds is 4. The van der Waals surface area contributed by atoms with Crippen molar-refractivity contribution >= 4 is 11.1 Å². The van der Waals surface area contributed by atoms with E-state index in [0.717, 1.165) is 45.1 Å². The Bertz CT molecular complexity index is 1070. The molecule has 130 valence electrons. The van der Waals surface area contributed by atoms with Crippen LogP contribution in [0.15, 0.2) is 59.1 Å². The molecule has 26 heavy (non-hydrogen) atoms. The van der Waals surface area contributed by atoms with Gasteiger partial charge in [-0.05, 0) is 31.2 Å². The summed E-state index contributed by atoms with van der Waals surface area (Å²) in [5, 5.41) is 4.11. The summed E-state index contributed by atoms with van der Waals surface area (Å²) < 4.78 is 16.5. The normalized spacial score (nSPS) is 10.9. The third-order valence-electron chi connectivity index (χ3n) is 4.36. The number of methoxy groups -OCH3 is 2. The van der Waals surface area contributed by atoms with Crippen LogP contribution in [-0.4, -0.2) is 24.4 Å². The molecule has 2 aromatic carbocycles. The second-order valence-electron chi connectivity index (χ2n) is 5.93. The van der Waals surface area contributed by atoms with Crippen LogP contribution in [0.2, 0.25) is 0 Å². The molecule has 0 saturated heterocycles. The minimum absolute atomic E-state index is 0.633. The first-order chi connectivity index (χ1) is 12.7. The van der Waals surface area contributed by atoms with Gasteiger partial charge in [0.2, 0.25) is 0 Å². The van der Waals surface area contributed by atoms with Crippen molar-refractivity contribution in [3.05, 3.63) is 60.3 Å². The Morgan fingerprint density at radius 3 is 2.42 bits per heavy atom. The van der Waals surface area contributed by atoms with E-state index in [1.165, 1.54) is 0 Å². The molecule has 0 spiro atoms. The van der Waals surface area contributed by atoms with Gasteiger partial charge in [-0.2, -0.15) is 0 Å². The van der Waals surface area contributed by atoms with E-state index < -0.39 is 0 Å². The highest BCUT2D eigenvalue weighted by atomic mass is 16.5. The predicted molar refractivity (Wildman–Crippen MR) is 101 cm³/mol. The number of benzene rings is 2. The first-order valence-electron chi connectivity index (χ1n) is 8.26. The minimum Gasteiger partial charge on any atom is -0.497 e. The molecule has 0 aliphatic heterocycles. The monoisotopic (exact) mass is 346 g/mol. The highest BCUT2D eigenvalue weighted by Crippen LogP contribution is 2.39. The molecule has 0 aliphatic rings. The van der Waals surface area contributed by atoms with E-state index in [9.17, 15) is 0 Å². The Hall–Kier alpha value is -3.34. The largest absolute Gasteiger partial charge is 0.497 e. The van der Waals surface area contributed by atoms with Crippen LogP contribution in [0.4, 0.5) is 0 Å². The molecule has 0 fully saturated rings. The van der Waals surface area contributed by atoms with Gasteiger partial charge in [0, 0.05) is 16.7 Å². The van der Waals surface area contributed by atoms with Crippen LogP contribution in [0.3, 0.4) is 0 Å². The summed E-state index contributed by atoms with van der Waals surface area (Å²) >= 11 is 0. The summed E-state index contributed by atoms with van der Waals surface area (Å²) in [5.41, 5.74) is 5.74. The van der Waals surface area contributed by atoms with Crippen LogP contribution < -0.4 is 9.47 Å². The molecule has 4 aromatic rings. The Balaban J connectivity index is 2.04. The molecule has 0 atom stereocenters. The third-order valence-corrected chi connectivity index (χ3v) is 4.36. The molecule has 0 saturated carbocycles. The van der Waals surface area contributed by atoms with E-state index in [1.54, 1.807) is 14.2 Å². The van der Waals surface area contributed by atoms with Crippen LogP contribution in [0.1, 0.15) is 5.69 Å². The Labute approximate surface area is 151 Å². The van der Waals surface area contributed by atoms with Crippen LogP contribution in [0.5, 0.6) is 11.5 Å². The first-order valence-corrected chi connectivity index (χ1v) is 8.26. The lowest BCUT2D eigenvalue weighted by atomic mass is 10.0. The molecule has 0 aliphatic carbocycles. The zero-order valence-corrected chi connectivity index (χ0v) is 14.8. The number of pyridine rings is 1. The fraction of sp³-hybridized carbons (Fsp3) is 0.143. The number of nitrogens with zero attached hydrogens (tertiary/aromatic N) is 2. The lowest BCUT2D eigenvalue weighted by Crippen LogP contribution is -1.93. The number of hydrogen-bond acceptors (Lipinski definition) is 5. The average Bonchev–Trinajstić information content (AvgIpc) is 3.08. The van der Waals surface area contributed by atoms with E-state index in [4.69, 9.17) is 19.0 Å². The van der Waals surface area contributed by atoms with Crippen molar-refractivity contribution in [2.24, 2.45) is 0 Å². The number of ether oxygens (including phenoxy) is 2. The lowest BCUT2D eigenvalue weighted by Gasteiger charge is -2.12. The van der Waals surface area contributed by atoms with Gasteiger partial charge < -0.3 is 14.0 Å². The molecule has 0 radical (unpaired) electrons. The van der Waals surface area contributed by atoms with E-state index in [0.29, 0.717) is 5.58 Å². The zero-order chi connectivity index (χ0) is 18.1. The number of fused-ring (bicyclic) bond motifs is 1. The van der Waals surface area contributed by atoms with Crippen LogP contribution in [0, 0.1) is 6.92 Å². The summed E-state index contributed by atoms with van der Waals surface area (Å²) in [4.78, 5) is 4.76. The van der Waals surface area contributed by atoms with E-state index in [1.807, 2.05) is 61.5 Å². The maximum Gasteiger partial charge on any atom is 0.193 e. The minimum atomic E-state index is 0.633. The predicted octanol–water partition coefficient (Wildman–Crippen LogP) is 4.88. The second-order valence-corrected chi connectivity index (χ2v) is 5.93. The molecular weight excluding hydrogens is 328 g/mol. The van der Waals surface area contributed by atoms with E-state index in [-0.39, 0.29) is 0 Å². The molecule has 5 heteroatoms. The summed E-state index contributed by atoms with van der Waals surface area (Å²) in [7, 11) is 3.29. The molecule has 5 nitrogen and oxygen atoms in total. The van der Waals surface area contributed by atoms with E-state index in [2.05, 4.69) is 5.16 Å².